The van der Waals surface area contributed by atoms with Crippen LogP contribution in [0.5, 0.6) is 17.2 Å². The first-order valence-corrected chi connectivity index (χ1v) is 9.55. The third kappa shape index (κ3) is 4.61. The molecule has 7 heteroatoms. The molecule has 2 aromatic carbocycles. The van der Waals surface area contributed by atoms with E-state index in [2.05, 4.69) is 11.6 Å². The van der Waals surface area contributed by atoms with Crippen molar-refractivity contribution in [3.8, 4) is 17.2 Å². The number of hydrogen-bond donors (Lipinski definition) is 1. The van der Waals surface area contributed by atoms with Crippen molar-refractivity contribution in [2.45, 2.75) is 6.54 Å². The van der Waals surface area contributed by atoms with E-state index in [1.54, 1.807) is 30.4 Å². The maximum atomic E-state index is 13.2. The lowest BCUT2D eigenvalue weighted by Gasteiger charge is -2.12. The molecule has 1 N–H and O–H groups in total. The standard InChI is InChI=1S/C24H24N2O5/c1-5-11-26-19(13-16-9-7-6-8-10-16)23(27)25-18(24(26)28)12-17-14-20(29-2)22(31-4)21(15-17)30-3/h5-10,12-15H,1,11H2,2-4H3,(H,25,27)/b18-12+,19-13+. The zero-order valence-corrected chi connectivity index (χ0v) is 17.7. The van der Waals surface area contributed by atoms with Gasteiger partial charge in [-0.3, -0.25) is 14.2 Å². The highest BCUT2D eigenvalue weighted by Crippen LogP contribution is 2.38. The van der Waals surface area contributed by atoms with Crippen LogP contribution in [-0.2, 0) is 6.54 Å². The van der Waals surface area contributed by atoms with Crippen LogP contribution in [0.4, 0.5) is 0 Å². The van der Waals surface area contributed by atoms with Crippen LogP contribution in [0.1, 0.15) is 11.1 Å². The number of benzene rings is 2. The Hall–Kier alpha value is -4.00. The molecular weight excluding hydrogens is 396 g/mol. The Kier molecular flexibility index (Phi) is 6.77. The Morgan fingerprint density at radius 3 is 2.13 bits per heavy atom. The van der Waals surface area contributed by atoms with Gasteiger partial charge < -0.3 is 19.2 Å². The summed E-state index contributed by atoms with van der Waals surface area (Å²) in [5.41, 5.74) is 0.679. The van der Waals surface area contributed by atoms with Gasteiger partial charge in [0.15, 0.2) is 11.5 Å². The van der Waals surface area contributed by atoms with Crippen molar-refractivity contribution in [2.24, 2.45) is 0 Å². The Balaban J connectivity index is 2.28. The van der Waals surface area contributed by atoms with Crippen molar-refractivity contribution < 1.29 is 14.2 Å². The van der Waals surface area contributed by atoms with Gasteiger partial charge in [-0.25, -0.2) is 0 Å². The monoisotopic (exact) mass is 420 g/mol. The van der Waals surface area contributed by atoms with E-state index in [0.717, 1.165) is 5.56 Å². The molecule has 0 bridgehead atoms. The van der Waals surface area contributed by atoms with E-state index >= 15 is 0 Å². The Morgan fingerprint density at radius 1 is 0.935 bits per heavy atom. The zero-order chi connectivity index (χ0) is 22.4. The molecule has 3 rings (SSSR count). The summed E-state index contributed by atoms with van der Waals surface area (Å²) >= 11 is 0. The number of aromatic nitrogens is 2. The van der Waals surface area contributed by atoms with E-state index in [0.29, 0.717) is 22.8 Å². The fourth-order valence-electron chi connectivity index (χ4n) is 3.23. The number of methoxy groups -OCH3 is 3. The average Bonchev–Trinajstić information content (AvgIpc) is 2.79. The van der Waals surface area contributed by atoms with Crippen LogP contribution in [-0.4, -0.2) is 30.9 Å². The van der Waals surface area contributed by atoms with Gasteiger partial charge in [0.2, 0.25) is 5.75 Å². The minimum Gasteiger partial charge on any atom is -0.493 e. The highest BCUT2D eigenvalue weighted by Gasteiger charge is 2.13. The van der Waals surface area contributed by atoms with Crippen LogP contribution < -0.4 is 36.0 Å². The molecule has 0 aliphatic carbocycles. The van der Waals surface area contributed by atoms with Crippen LogP contribution in [0, 0.1) is 0 Å². The van der Waals surface area contributed by atoms with Gasteiger partial charge in [0, 0.05) is 6.54 Å². The smallest absolute Gasteiger partial charge is 0.275 e. The van der Waals surface area contributed by atoms with Crippen molar-refractivity contribution in [3.05, 3.63) is 97.7 Å². The van der Waals surface area contributed by atoms with Gasteiger partial charge in [0.1, 0.15) is 10.7 Å². The first-order valence-electron chi connectivity index (χ1n) is 9.55. The molecule has 0 fully saturated rings. The van der Waals surface area contributed by atoms with Gasteiger partial charge in [0.05, 0.1) is 21.3 Å². The van der Waals surface area contributed by atoms with Gasteiger partial charge in [0.25, 0.3) is 11.1 Å². The highest BCUT2D eigenvalue weighted by molar-refractivity contribution is 5.61. The van der Waals surface area contributed by atoms with Gasteiger partial charge in [-0.15, -0.1) is 6.58 Å². The Bertz CT molecular complexity index is 1300. The van der Waals surface area contributed by atoms with Gasteiger partial charge in [-0.05, 0) is 35.4 Å². The van der Waals surface area contributed by atoms with Crippen molar-refractivity contribution in [3.63, 3.8) is 0 Å². The molecule has 1 aromatic heterocycles. The Morgan fingerprint density at radius 2 is 1.58 bits per heavy atom. The zero-order valence-electron chi connectivity index (χ0n) is 17.7. The number of rotatable bonds is 7. The molecule has 0 radical (unpaired) electrons. The predicted molar refractivity (Wildman–Crippen MR) is 120 cm³/mol. The van der Waals surface area contributed by atoms with Crippen LogP contribution in [0.2, 0.25) is 0 Å². The summed E-state index contributed by atoms with van der Waals surface area (Å²) in [5.74, 6) is 1.32. The topological polar surface area (TPSA) is 82.5 Å². The molecule has 0 unspecified atom stereocenters. The first-order chi connectivity index (χ1) is 15.0. The SMILES string of the molecule is C=CCn1c(=O)/c(=C\c2cc(OC)c(OC)c(OC)c2)[nH]c(=O)/c1=C\c1ccccc1. The second-order valence-corrected chi connectivity index (χ2v) is 6.62. The number of nitrogens with one attached hydrogen (secondary N) is 1. The molecule has 0 aliphatic heterocycles. The van der Waals surface area contributed by atoms with Gasteiger partial charge in [-0.1, -0.05) is 36.4 Å². The van der Waals surface area contributed by atoms with Crippen molar-refractivity contribution in [1.82, 2.24) is 9.55 Å². The Labute approximate surface area is 179 Å². The van der Waals surface area contributed by atoms with E-state index < -0.39 is 0 Å². The van der Waals surface area contributed by atoms with E-state index in [1.807, 2.05) is 30.3 Å². The fraction of sp³-hybridized carbons (Fsp3) is 0.167. The summed E-state index contributed by atoms with van der Waals surface area (Å²) in [5, 5.41) is 0.379. The van der Waals surface area contributed by atoms with Gasteiger partial charge in [-0.2, -0.15) is 0 Å². The molecule has 0 aliphatic rings. The van der Waals surface area contributed by atoms with Crippen LogP contribution in [0.3, 0.4) is 0 Å². The summed E-state index contributed by atoms with van der Waals surface area (Å²) in [4.78, 5) is 28.7. The molecule has 1 heterocycles. The van der Waals surface area contributed by atoms with Gasteiger partial charge >= 0.3 is 0 Å². The third-order valence-electron chi connectivity index (χ3n) is 4.66. The molecule has 3 aromatic rings. The maximum Gasteiger partial charge on any atom is 0.275 e. The lowest BCUT2D eigenvalue weighted by molar-refractivity contribution is 0.324. The largest absolute Gasteiger partial charge is 0.493 e. The van der Waals surface area contributed by atoms with Crippen LogP contribution >= 0.6 is 0 Å². The lowest BCUT2D eigenvalue weighted by atomic mass is 10.1. The fourth-order valence-corrected chi connectivity index (χ4v) is 3.23. The lowest BCUT2D eigenvalue weighted by Crippen LogP contribution is -2.53. The normalized spacial score (nSPS) is 12.0. The second-order valence-electron chi connectivity index (χ2n) is 6.62. The molecule has 0 saturated carbocycles. The molecule has 0 saturated heterocycles. The number of allylic oxidation sites excluding steroid dienone is 1. The number of H-pyrrole nitrogens is 1. The number of nitrogens with zero attached hydrogens (tertiary/aromatic N) is 1. The van der Waals surface area contributed by atoms with Crippen LogP contribution in [0.15, 0.2) is 64.7 Å². The van der Waals surface area contributed by atoms with E-state index in [4.69, 9.17) is 14.2 Å². The predicted octanol–water partition coefficient (Wildman–Crippen LogP) is 1.41. The summed E-state index contributed by atoms with van der Waals surface area (Å²) in [6.45, 7) is 3.90. The minimum atomic E-state index is -0.385. The summed E-state index contributed by atoms with van der Waals surface area (Å²) in [6.07, 6.45) is 4.82. The minimum absolute atomic E-state index is 0.131. The van der Waals surface area contributed by atoms with Crippen LogP contribution in [0.25, 0.3) is 12.2 Å². The number of hydrogen-bond acceptors (Lipinski definition) is 5. The highest BCUT2D eigenvalue weighted by atomic mass is 16.5. The summed E-state index contributed by atoms with van der Waals surface area (Å²) in [7, 11) is 4.53. The molecule has 0 atom stereocenters. The molecule has 0 amide bonds. The van der Waals surface area contributed by atoms with Crippen molar-refractivity contribution in [2.75, 3.05) is 21.3 Å². The second kappa shape index (κ2) is 9.67. The first kappa shape index (κ1) is 21.7. The number of ether oxygens (including phenoxy) is 3. The summed E-state index contributed by atoms with van der Waals surface area (Å²) < 4.78 is 17.4. The van der Waals surface area contributed by atoms with E-state index in [1.165, 1.54) is 25.9 Å². The maximum absolute atomic E-state index is 13.2. The molecule has 0 spiro atoms. The summed E-state index contributed by atoms with van der Waals surface area (Å²) in [6, 6.07) is 12.7. The quantitative estimate of drug-likeness (QED) is 0.585. The molecule has 7 nitrogen and oxygen atoms in total. The molecule has 160 valence electrons. The molecular formula is C24H24N2O5. The molecule has 31 heavy (non-hydrogen) atoms. The average molecular weight is 420 g/mol. The number of aromatic amines is 1. The van der Waals surface area contributed by atoms with Crippen molar-refractivity contribution >= 4 is 12.2 Å². The van der Waals surface area contributed by atoms with E-state index in [-0.39, 0.29) is 28.4 Å². The third-order valence-corrected chi connectivity index (χ3v) is 4.66. The van der Waals surface area contributed by atoms with E-state index in [9.17, 15) is 9.59 Å². The van der Waals surface area contributed by atoms with Crippen molar-refractivity contribution in [1.29, 1.82) is 0 Å².